The predicted octanol–water partition coefficient (Wildman–Crippen LogP) is 2.01. The van der Waals surface area contributed by atoms with E-state index in [1.807, 2.05) is 0 Å². The Bertz CT molecular complexity index is 940. The number of hydrazone groups is 1. The average Bonchev–Trinajstić information content (AvgIpc) is 3.22. The quantitative estimate of drug-likeness (QED) is 0.626. The summed E-state index contributed by atoms with van der Waals surface area (Å²) >= 11 is 0. The van der Waals surface area contributed by atoms with Crippen molar-refractivity contribution in [2.75, 3.05) is 33.1 Å². The summed E-state index contributed by atoms with van der Waals surface area (Å²) in [6.07, 6.45) is 1.05. The van der Waals surface area contributed by atoms with Crippen molar-refractivity contribution in [2.24, 2.45) is 5.10 Å². The van der Waals surface area contributed by atoms with Crippen molar-refractivity contribution in [3.8, 4) is 17.2 Å². The van der Waals surface area contributed by atoms with Gasteiger partial charge >= 0.3 is 6.09 Å². The number of carbonyl (C=O) groups is 2. The first kappa shape index (κ1) is 18.8. The van der Waals surface area contributed by atoms with E-state index in [0.717, 1.165) is 0 Å². The summed E-state index contributed by atoms with van der Waals surface area (Å²) in [5.74, 6) is 1.15. The van der Waals surface area contributed by atoms with Gasteiger partial charge in [0.1, 0.15) is 5.75 Å². The molecule has 2 amide bonds. The molecule has 0 bridgehead atoms. The normalized spacial score (nSPS) is 15.4. The molecule has 1 saturated heterocycles. The van der Waals surface area contributed by atoms with Crippen molar-refractivity contribution >= 4 is 18.2 Å². The van der Waals surface area contributed by atoms with Crippen molar-refractivity contribution in [3.05, 3.63) is 53.6 Å². The Kier molecular flexibility index (Phi) is 5.57. The van der Waals surface area contributed by atoms with Gasteiger partial charge in [-0.3, -0.25) is 4.79 Å². The van der Waals surface area contributed by atoms with Gasteiger partial charge in [0, 0.05) is 18.7 Å². The first-order valence-electron chi connectivity index (χ1n) is 9.07. The van der Waals surface area contributed by atoms with E-state index in [1.54, 1.807) is 47.4 Å². The van der Waals surface area contributed by atoms with Crippen molar-refractivity contribution < 1.29 is 28.5 Å². The van der Waals surface area contributed by atoms with Crippen LogP contribution in [0.5, 0.6) is 17.2 Å². The molecule has 2 aliphatic rings. The van der Waals surface area contributed by atoms with Crippen molar-refractivity contribution in [1.82, 2.24) is 10.3 Å². The molecule has 0 saturated carbocycles. The number of amides is 2. The number of morpholine rings is 1. The standard InChI is InChI=1S/C20H19N3O6/c24-19(15-4-5-17-18(11-15)28-13-27-17)22-21-12-14-2-1-3-16(10-14)29-20(25)23-6-8-26-9-7-23/h1-5,10-12H,6-9,13H2,(H,22,24). The number of fused-ring (bicyclic) bond motifs is 1. The van der Waals surface area contributed by atoms with Crippen LogP contribution in [-0.2, 0) is 4.74 Å². The zero-order valence-electron chi connectivity index (χ0n) is 15.5. The number of rotatable bonds is 4. The Morgan fingerprint density at radius 3 is 2.76 bits per heavy atom. The molecule has 4 rings (SSSR count). The lowest BCUT2D eigenvalue weighted by molar-refractivity contribution is 0.0416. The van der Waals surface area contributed by atoms with Crippen LogP contribution in [0.2, 0.25) is 0 Å². The van der Waals surface area contributed by atoms with Gasteiger partial charge in [-0.25, -0.2) is 10.2 Å². The van der Waals surface area contributed by atoms with E-state index in [-0.39, 0.29) is 12.7 Å². The van der Waals surface area contributed by atoms with Gasteiger partial charge < -0.3 is 23.8 Å². The summed E-state index contributed by atoms with van der Waals surface area (Å²) in [5.41, 5.74) is 3.53. The van der Waals surface area contributed by atoms with E-state index in [1.165, 1.54) is 6.21 Å². The molecule has 9 heteroatoms. The van der Waals surface area contributed by atoms with Gasteiger partial charge in [0.15, 0.2) is 11.5 Å². The molecule has 0 spiro atoms. The molecule has 2 heterocycles. The Morgan fingerprint density at radius 1 is 1.07 bits per heavy atom. The number of ether oxygens (including phenoxy) is 4. The highest BCUT2D eigenvalue weighted by Gasteiger charge is 2.19. The van der Waals surface area contributed by atoms with E-state index in [4.69, 9.17) is 18.9 Å². The van der Waals surface area contributed by atoms with Gasteiger partial charge in [-0.2, -0.15) is 5.10 Å². The van der Waals surface area contributed by atoms with E-state index in [2.05, 4.69) is 10.5 Å². The van der Waals surface area contributed by atoms with Crippen molar-refractivity contribution in [2.45, 2.75) is 0 Å². The predicted molar refractivity (Wildman–Crippen MR) is 102 cm³/mol. The van der Waals surface area contributed by atoms with Crippen molar-refractivity contribution in [1.29, 1.82) is 0 Å². The van der Waals surface area contributed by atoms with Crippen LogP contribution in [0.3, 0.4) is 0 Å². The summed E-state index contributed by atoms with van der Waals surface area (Å²) in [5, 5.41) is 3.96. The second kappa shape index (κ2) is 8.61. The van der Waals surface area contributed by atoms with Gasteiger partial charge in [-0.05, 0) is 35.9 Å². The Balaban J connectivity index is 1.34. The van der Waals surface area contributed by atoms with Gasteiger partial charge in [-0.15, -0.1) is 0 Å². The number of hydrogen-bond acceptors (Lipinski definition) is 7. The van der Waals surface area contributed by atoms with Crippen LogP contribution in [0, 0.1) is 0 Å². The molecule has 0 radical (unpaired) electrons. The number of nitrogens with zero attached hydrogens (tertiary/aromatic N) is 2. The summed E-state index contributed by atoms with van der Waals surface area (Å²) in [6.45, 7) is 2.17. The Labute approximate surface area is 166 Å². The highest BCUT2D eigenvalue weighted by atomic mass is 16.7. The Hall–Kier alpha value is -3.59. The third kappa shape index (κ3) is 4.64. The monoisotopic (exact) mass is 397 g/mol. The van der Waals surface area contributed by atoms with Crippen LogP contribution in [0.1, 0.15) is 15.9 Å². The summed E-state index contributed by atoms with van der Waals surface area (Å²) < 4.78 is 21.1. The van der Waals surface area contributed by atoms with Crippen LogP contribution in [-0.4, -0.2) is 56.2 Å². The van der Waals surface area contributed by atoms with Crippen LogP contribution < -0.4 is 19.6 Å². The van der Waals surface area contributed by atoms with Gasteiger partial charge in [0.25, 0.3) is 5.91 Å². The first-order chi connectivity index (χ1) is 14.2. The first-order valence-corrected chi connectivity index (χ1v) is 9.07. The fraction of sp³-hybridized carbons (Fsp3) is 0.250. The SMILES string of the molecule is O=C(NN=Cc1cccc(OC(=O)N2CCOCC2)c1)c1ccc2c(c1)OCO2. The van der Waals surface area contributed by atoms with E-state index in [9.17, 15) is 9.59 Å². The average molecular weight is 397 g/mol. The molecule has 0 atom stereocenters. The summed E-state index contributed by atoms with van der Waals surface area (Å²) in [7, 11) is 0. The largest absolute Gasteiger partial charge is 0.454 e. The highest BCUT2D eigenvalue weighted by Crippen LogP contribution is 2.32. The molecule has 2 aliphatic heterocycles. The number of benzene rings is 2. The van der Waals surface area contributed by atoms with Gasteiger partial charge in [-0.1, -0.05) is 12.1 Å². The molecule has 29 heavy (non-hydrogen) atoms. The van der Waals surface area contributed by atoms with Crippen molar-refractivity contribution in [3.63, 3.8) is 0 Å². The summed E-state index contributed by atoms with van der Waals surface area (Å²) in [4.78, 5) is 26.0. The maximum Gasteiger partial charge on any atom is 0.415 e. The molecule has 0 aliphatic carbocycles. The molecule has 1 fully saturated rings. The second-order valence-electron chi connectivity index (χ2n) is 6.31. The highest BCUT2D eigenvalue weighted by molar-refractivity contribution is 5.95. The molecular weight excluding hydrogens is 378 g/mol. The minimum absolute atomic E-state index is 0.144. The zero-order valence-corrected chi connectivity index (χ0v) is 15.5. The van der Waals surface area contributed by atoms with Gasteiger partial charge in [0.2, 0.25) is 6.79 Å². The lowest BCUT2D eigenvalue weighted by Crippen LogP contribution is -2.42. The fourth-order valence-electron chi connectivity index (χ4n) is 2.84. The molecule has 9 nitrogen and oxygen atoms in total. The molecule has 1 N–H and O–H groups in total. The Morgan fingerprint density at radius 2 is 1.90 bits per heavy atom. The summed E-state index contributed by atoms with van der Waals surface area (Å²) in [6, 6.07) is 11.8. The zero-order chi connectivity index (χ0) is 20.1. The molecular formula is C20H19N3O6. The van der Waals surface area contributed by atoms with Crippen LogP contribution in [0.25, 0.3) is 0 Å². The molecule has 150 valence electrons. The third-order valence-corrected chi connectivity index (χ3v) is 4.35. The maximum absolute atomic E-state index is 12.2. The molecule has 0 unspecified atom stereocenters. The molecule has 2 aromatic carbocycles. The van der Waals surface area contributed by atoms with Crippen LogP contribution >= 0.6 is 0 Å². The molecule has 0 aromatic heterocycles. The van der Waals surface area contributed by atoms with E-state index >= 15 is 0 Å². The lowest BCUT2D eigenvalue weighted by atomic mass is 10.2. The number of carbonyl (C=O) groups excluding carboxylic acids is 2. The number of hydrogen-bond donors (Lipinski definition) is 1. The fourth-order valence-corrected chi connectivity index (χ4v) is 2.84. The number of nitrogens with one attached hydrogen (secondary N) is 1. The maximum atomic E-state index is 12.2. The lowest BCUT2D eigenvalue weighted by Gasteiger charge is -2.25. The smallest absolute Gasteiger partial charge is 0.415 e. The van der Waals surface area contributed by atoms with Crippen LogP contribution in [0.4, 0.5) is 4.79 Å². The van der Waals surface area contributed by atoms with Gasteiger partial charge in [0.05, 0.1) is 19.4 Å². The third-order valence-electron chi connectivity index (χ3n) is 4.35. The minimum Gasteiger partial charge on any atom is -0.454 e. The minimum atomic E-state index is -0.418. The van der Waals surface area contributed by atoms with E-state index < -0.39 is 6.09 Å². The van der Waals surface area contributed by atoms with E-state index in [0.29, 0.717) is 54.7 Å². The topological polar surface area (TPSA) is 98.7 Å². The second-order valence-corrected chi connectivity index (χ2v) is 6.31. The molecule has 2 aromatic rings. The van der Waals surface area contributed by atoms with Crippen LogP contribution in [0.15, 0.2) is 47.6 Å².